The van der Waals surface area contributed by atoms with Gasteiger partial charge in [0.25, 0.3) is 0 Å². The lowest BCUT2D eigenvalue weighted by Crippen LogP contribution is -2.52. The molecule has 0 heterocycles. The third-order valence-electron chi connectivity index (χ3n) is 5.63. The Morgan fingerprint density at radius 2 is 1.63 bits per heavy atom. The van der Waals surface area contributed by atoms with Crippen molar-refractivity contribution in [2.45, 2.75) is 46.0 Å². The third kappa shape index (κ3) is 2.72. The molecular weight excluding hydrogens is 302 g/mol. The molecule has 2 nitrogen and oxygen atoms in total. The molecule has 4 aliphatic rings. The van der Waals surface area contributed by atoms with Crippen molar-refractivity contribution < 1.29 is 4.79 Å². The zero-order valence-electron chi connectivity index (χ0n) is 12.1. The molecule has 4 fully saturated rings. The van der Waals surface area contributed by atoms with Crippen molar-refractivity contribution in [1.29, 1.82) is 0 Å². The summed E-state index contributed by atoms with van der Waals surface area (Å²) in [6.07, 6.45) is 6.76. The number of halogens is 1. The lowest BCUT2D eigenvalue weighted by atomic mass is 9.51. The summed E-state index contributed by atoms with van der Waals surface area (Å²) in [5.74, 6) is 3.98. The van der Waals surface area contributed by atoms with Crippen LogP contribution in [0.3, 0.4) is 0 Å². The molecule has 0 saturated heterocycles. The molecule has 19 heavy (non-hydrogen) atoms. The van der Waals surface area contributed by atoms with Gasteiger partial charge in [0.05, 0.1) is 0 Å². The van der Waals surface area contributed by atoms with Crippen LogP contribution in [0.5, 0.6) is 0 Å². The van der Waals surface area contributed by atoms with E-state index in [-0.39, 0.29) is 5.41 Å². The molecule has 1 N–H and O–H groups in total. The van der Waals surface area contributed by atoms with Crippen LogP contribution < -0.4 is 5.32 Å². The van der Waals surface area contributed by atoms with Gasteiger partial charge in [-0.1, -0.05) is 29.8 Å². The number of carbonyl (C=O) groups is 1. The maximum atomic E-state index is 12.6. The maximum Gasteiger partial charge on any atom is 0.223 e. The summed E-state index contributed by atoms with van der Waals surface area (Å²) >= 11 is 3.53. The summed E-state index contributed by atoms with van der Waals surface area (Å²) < 4.78 is 0. The predicted molar refractivity (Wildman–Crippen MR) is 81.1 cm³/mol. The molecule has 0 aromatic heterocycles. The largest absolute Gasteiger partial charge is 0.355 e. The molecule has 0 aromatic carbocycles. The average Bonchev–Trinajstić information content (AvgIpc) is 2.35. The van der Waals surface area contributed by atoms with Gasteiger partial charge >= 0.3 is 0 Å². The first-order valence-electron chi connectivity index (χ1n) is 7.82. The lowest BCUT2D eigenvalue weighted by molar-refractivity contribution is -0.138. The summed E-state index contributed by atoms with van der Waals surface area (Å²) in [5, 5.41) is 4.17. The van der Waals surface area contributed by atoms with E-state index in [0.29, 0.717) is 23.7 Å². The molecule has 4 bridgehead atoms. The second-order valence-electron chi connectivity index (χ2n) is 7.97. The summed E-state index contributed by atoms with van der Waals surface area (Å²) in [6.45, 7) is 5.18. The van der Waals surface area contributed by atoms with E-state index in [0.717, 1.165) is 23.7 Å². The molecule has 1 amide bonds. The minimum Gasteiger partial charge on any atom is -0.355 e. The van der Waals surface area contributed by atoms with Gasteiger partial charge in [0.15, 0.2) is 0 Å². The average molecular weight is 328 g/mol. The minimum absolute atomic E-state index is 0.154. The van der Waals surface area contributed by atoms with Crippen molar-refractivity contribution in [3.8, 4) is 0 Å². The van der Waals surface area contributed by atoms with Gasteiger partial charge in [0.1, 0.15) is 0 Å². The molecule has 108 valence electrons. The van der Waals surface area contributed by atoms with E-state index in [2.05, 4.69) is 35.1 Å². The maximum absolute atomic E-state index is 12.6. The first kappa shape index (κ1) is 13.9. The first-order valence-corrected chi connectivity index (χ1v) is 8.94. The molecule has 0 atom stereocenters. The third-order valence-corrected chi connectivity index (χ3v) is 7.15. The minimum atomic E-state index is 0.154. The van der Waals surface area contributed by atoms with E-state index in [1.807, 2.05) is 0 Å². The Labute approximate surface area is 125 Å². The fourth-order valence-electron chi connectivity index (χ4n) is 4.84. The van der Waals surface area contributed by atoms with Gasteiger partial charge in [-0.2, -0.15) is 0 Å². The Bertz CT molecular complexity index is 338. The number of hydrogen-bond donors (Lipinski definition) is 1. The van der Waals surface area contributed by atoms with E-state index < -0.39 is 0 Å². The first-order chi connectivity index (χ1) is 8.98. The molecule has 4 rings (SSSR count). The SMILES string of the molecule is CC(C)(CBr)CNC(=O)C1C2CC3CC(C2)CC1C3. The van der Waals surface area contributed by atoms with Crippen LogP contribution >= 0.6 is 15.9 Å². The molecule has 0 unspecified atom stereocenters. The van der Waals surface area contributed by atoms with Crippen molar-refractivity contribution in [1.82, 2.24) is 5.32 Å². The zero-order chi connectivity index (χ0) is 13.6. The smallest absolute Gasteiger partial charge is 0.223 e. The Morgan fingerprint density at radius 3 is 2.11 bits per heavy atom. The molecule has 4 saturated carbocycles. The monoisotopic (exact) mass is 327 g/mol. The summed E-state index contributed by atoms with van der Waals surface area (Å²) in [5.41, 5.74) is 0.154. The van der Waals surface area contributed by atoms with Gasteiger partial charge in [0.2, 0.25) is 5.91 Å². The highest BCUT2D eigenvalue weighted by Crippen LogP contribution is 2.56. The Kier molecular flexibility index (Phi) is 3.70. The van der Waals surface area contributed by atoms with Crippen LogP contribution in [0.25, 0.3) is 0 Å². The number of hydrogen-bond acceptors (Lipinski definition) is 1. The molecule has 3 heteroatoms. The van der Waals surface area contributed by atoms with Crippen LogP contribution in [0.1, 0.15) is 46.0 Å². The van der Waals surface area contributed by atoms with Crippen molar-refractivity contribution in [2.24, 2.45) is 35.0 Å². The van der Waals surface area contributed by atoms with Crippen LogP contribution in [0.15, 0.2) is 0 Å². The Morgan fingerprint density at radius 1 is 1.11 bits per heavy atom. The van der Waals surface area contributed by atoms with Crippen molar-refractivity contribution in [2.75, 3.05) is 11.9 Å². The van der Waals surface area contributed by atoms with E-state index in [4.69, 9.17) is 0 Å². The summed E-state index contributed by atoms with van der Waals surface area (Å²) in [7, 11) is 0. The van der Waals surface area contributed by atoms with Gasteiger partial charge in [-0.25, -0.2) is 0 Å². The number of carbonyl (C=O) groups excluding carboxylic acids is 1. The molecule has 0 aromatic rings. The predicted octanol–water partition coefficient (Wildman–Crippen LogP) is 3.60. The molecule has 0 aliphatic heterocycles. The van der Waals surface area contributed by atoms with E-state index >= 15 is 0 Å². The number of alkyl halides is 1. The Hall–Kier alpha value is -0.0500. The lowest BCUT2D eigenvalue weighted by Gasteiger charge is -2.53. The summed E-state index contributed by atoms with van der Waals surface area (Å²) in [4.78, 5) is 12.6. The molecule has 4 aliphatic carbocycles. The van der Waals surface area contributed by atoms with Crippen LogP contribution in [-0.2, 0) is 4.79 Å². The molecule has 0 radical (unpaired) electrons. The molecule has 0 spiro atoms. The fourth-order valence-corrected chi connectivity index (χ4v) is 5.04. The molecular formula is C16H26BrNO. The van der Waals surface area contributed by atoms with E-state index in [1.54, 1.807) is 0 Å². The second kappa shape index (κ2) is 5.05. The second-order valence-corrected chi connectivity index (χ2v) is 8.53. The standard InChI is InChI=1S/C16H26BrNO/c1-16(2,8-17)9-18-15(19)14-12-4-10-3-11(6-12)7-13(14)5-10/h10-14H,3-9H2,1-2H3,(H,18,19). The normalized spacial score (nSPS) is 40.5. The zero-order valence-corrected chi connectivity index (χ0v) is 13.7. The number of rotatable bonds is 4. The number of nitrogens with one attached hydrogen (secondary N) is 1. The van der Waals surface area contributed by atoms with E-state index in [1.165, 1.54) is 32.1 Å². The highest BCUT2D eigenvalue weighted by atomic mass is 79.9. The Balaban J connectivity index is 1.61. The van der Waals surface area contributed by atoms with Gasteiger partial charge in [-0.05, 0) is 61.2 Å². The van der Waals surface area contributed by atoms with Crippen LogP contribution in [-0.4, -0.2) is 17.8 Å². The highest BCUT2D eigenvalue weighted by Gasteiger charge is 2.50. The van der Waals surface area contributed by atoms with E-state index in [9.17, 15) is 4.79 Å². The highest BCUT2D eigenvalue weighted by molar-refractivity contribution is 9.09. The topological polar surface area (TPSA) is 29.1 Å². The van der Waals surface area contributed by atoms with Crippen LogP contribution in [0.2, 0.25) is 0 Å². The quantitative estimate of drug-likeness (QED) is 0.785. The van der Waals surface area contributed by atoms with Gasteiger partial charge in [-0.15, -0.1) is 0 Å². The van der Waals surface area contributed by atoms with Gasteiger partial charge < -0.3 is 5.32 Å². The fraction of sp³-hybridized carbons (Fsp3) is 0.938. The van der Waals surface area contributed by atoms with Crippen molar-refractivity contribution >= 4 is 21.8 Å². The number of amides is 1. The van der Waals surface area contributed by atoms with Crippen LogP contribution in [0.4, 0.5) is 0 Å². The van der Waals surface area contributed by atoms with Crippen molar-refractivity contribution in [3.63, 3.8) is 0 Å². The summed E-state index contributed by atoms with van der Waals surface area (Å²) in [6, 6.07) is 0. The van der Waals surface area contributed by atoms with Crippen molar-refractivity contribution in [3.05, 3.63) is 0 Å². The van der Waals surface area contributed by atoms with Crippen LogP contribution in [0, 0.1) is 35.0 Å². The van der Waals surface area contributed by atoms with Gasteiger partial charge in [0, 0.05) is 17.8 Å². The van der Waals surface area contributed by atoms with Gasteiger partial charge in [-0.3, -0.25) is 4.79 Å².